The number of β-amino-alcohol motifs (C(OH)–C–C–N with tert-alkyl or cyclic N) is 1. The van der Waals surface area contributed by atoms with Gasteiger partial charge in [0.2, 0.25) is 11.8 Å². The second-order valence-corrected chi connectivity index (χ2v) is 11.4. The van der Waals surface area contributed by atoms with E-state index in [4.69, 9.17) is 21.1 Å². The summed E-state index contributed by atoms with van der Waals surface area (Å²) in [6, 6.07) is 13.2. The van der Waals surface area contributed by atoms with Crippen LogP contribution in [0, 0.1) is 11.8 Å². The summed E-state index contributed by atoms with van der Waals surface area (Å²) < 4.78 is 12.5. The summed E-state index contributed by atoms with van der Waals surface area (Å²) in [6.07, 6.45) is 7.83. The van der Waals surface area contributed by atoms with Gasteiger partial charge in [0.25, 0.3) is 5.91 Å². The van der Waals surface area contributed by atoms with E-state index in [1.54, 1.807) is 40.1 Å². The van der Waals surface area contributed by atoms with E-state index in [-0.39, 0.29) is 37.4 Å². The average molecular weight is 592 g/mol. The number of ether oxygens (including phenoxy) is 2. The van der Waals surface area contributed by atoms with Gasteiger partial charge in [0.1, 0.15) is 17.4 Å². The molecule has 220 valence electrons. The Labute approximate surface area is 249 Å². The van der Waals surface area contributed by atoms with E-state index in [1.165, 1.54) is 4.90 Å². The molecule has 0 saturated carbocycles. The normalized spacial score (nSPS) is 30.2. The minimum absolute atomic E-state index is 0.0699. The topological polar surface area (TPSA) is 99.6 Å². The maximum Gasteiger partial charge on any atom is 0.253 e. The summed E-state index contributed by atoms with van der Waals surface area (Å²) >= 11 is 6.50. The van der Waals surface area contributed by atoms with Crippen molar-refractivity contribution in [3.8, 4) is 5.75 Å². The monoisotopic (exact) mass is 591 g/mol. The third-order valence-electron chi connectivity index (χ3n) is 8.88. The lowest BCUT2D eigenvalue weighted by molar-refractivity contribution is -0.146. The number of fused-ring (bicyclic) bond motifs is 2. The Bertz CT molecular complexity index is 1460. The molecule has 1 unspecified atom stereocenters. The van der Waals surface area contributed by atoms with Crippen LogP contribution in [-0.4, -0.2) is 77.8 Å². The van der Waals surface area contributed by atoms with Crippen LogP contribution in [0.5, 0.6) is 5.75 Å². The number of anilines is 2. The molecule has 2 aromatic rings. The number of aliphatic hydroxyl groups is 1. The molecule has 42 heavy (non-hydrogen) atoms. The quantitative estimate of drug-likeness (QED) is 0.494. The molecular formula is C32H34ClN3O6. The number of para-hydroxylation sites is 1. The molecule has 1 N–H and O–H groups in total. The molecule has 4 heterocycles. The molecule has 5 atom stereocenters. The van der Waals surface area contributed by atoms with Crippen LogP contribution >= 0.6 is 11.6 Å². The minimum Gasteiger partial charge on any atom is -0.494 e. The second kappa shape index (κ2) is 10.9. The predicted octanol–water partition coefficient (Wildman–Crippen LogP) is 3.60. The zero-order chi connectivity index (χ0) is 29.6. The van der Waals surface area contributed by atoms with Crippen LogP contribution in [0.25, 0.3) is 0 Å². The summed E-state index contributed by atoms with van der Waals surface area (Å²) in [4.78, 5) is 47.9. The summed E-state index contributed by atoms with van der Waals surface area (Å²) in [5.74, 6) is -2.18. The van der Waals surface area contributed by atoms with E-state index in [9.17, 15) is 19.5 Å². The SMILES string of the molecule is CCOc1ccc(N2CC=C[C@]3(CC)O[C@]45C=CCN(c6ccccc6Cl)C(=O)C4N(CCO)C(=O)[C@@H]5[C@@H]3C2=O)cc1. The second-order valence-electron chi connectivity index (χ2n) is 11.0. The summed E-state index contributed by atoms with van der Waals surface area (Å²) in [5.41, 5.74) is -1.33. The van der Waals surface area contributed by atoms with E-state index < -0.39 is 29.1 Å². The van der Waals surface area contributed by atoms with Crippen molar-refractivity contribution in [2.24, 2.45) is 11.8 Å². The first-order valence-corrected chi connectivity index (χ1v) is 14.8. The number of likely N-dealkylation sites (tertiary alicyclic amines) is 1. The van der Waals surface area contributed by atoms with Crippen molar-refractivity contribution in [1.82, 2.24) is 4.90 Å². The Hall–Kier alpha value is -3.66. The average Bonchev–Trinajstić information content (AvgIpc) is 3.27. The van der Waals surface area contributed by atoms with Gasteiger partial charge in [0.15, 0.2) is 0 Å². The van der Waals surface area contributed by atoms with Gasteiger partial charge in [0, 0.05) is 25.3 Å². The van der Waals surface area contributed by atoms with Gasteiger partial charge >= 0.3 is 0 Å². The van der Waals surface area contributed by atoms with E-state index >= 15 is 0 Å². The number of amides is 3. The van der Waals surface area contributed by atoms with Gasteiger partial charge in [-0.1, -0.05) is 55.0 Å². The molecule has 0 radical (unpaired) electrons. The van der Waals surface area contributed by atoms with Gasteiger partial charge in [0.05, 0.1) is 41.4 Å². The lowest BCUT2D eigenvalue weighted by atomic mass is 9.73. The number of hydrogen-bond acceptors (Lipinski definition) is 6. The third-order valence-corrected chi connectivity index (χ3v) is 9.20. The fraction of sp³-hybridized carbons (Fsp3) is 0.406. The molecule has 0 aliphatic carbocycles. The van der Waals surface area contributed by atoms with Crippen molar-refractivity contribution in [1.29, 1.82) is 0 Å². The first kappa shape index (κ1) is 28.5. The predicted molar refractivity (Wildman–Crippen MR) is 158 cm³/mol. The zero-order valence-corrected chi connectivity index (χ0v) is 24.4. The van der Waals surface area contributed by atoms with E-state index in [0.717, 1.165) is 0 Å². The van der Waals surface area contributed by atoms with E-state index in [0.29, 0.717) is 41.7 Å². The number of rotatable bonds is 7. The fourth-order valence-corrected chi connectivity index (χ4v) is 7.35. The third kappa shape index (κ3) is 4.17. The van der Waals surface area contributed by atoms with Crippen molar-refractivity contribution in [2.75, 3.05) is 42.6 Å². The zero-order valence-electron chi connectivity index (χ0n) is 23.6. The first-order chi connectivity index (χ1) is 20.3. The van der Waals surface area contributed by atoms with Crippen LogP contribution in [0.1, 0.15) is 20.3 Å². The van der Waals surface area contributed by atoms with Crippen LogP contribution in [0.15, 0.2) is 72.8 Å². The van der Waals surface area contributed by atoms with E-state index in [2.05, 4.69) is 0 Å². The fourth-order valence-electron chi connectivity index (χ4n) is 7.12. The molecule has 3 amide bonds. The molecule has 1 spiro atoms. The molecule has 0 aromatic heterocycles. The van der Waals surface area contributed by atoms with Gasteiger partial charge in [-0.25, -0.2) is 0 Å². The number of benzene rings is 2. The lowest BCUT2D eigenvalue weighted by Crippen LogP contribution is -2.56. The van der Waals surface area contributed by atoms with Gasteiger partial charge in [-0.15, -0.1) is 0 Å². The number of hydrogen-bond donors (Lipinski definition) is 1. The Kier molecular flexibility index (Phi) is 7.37. The van der Waals surface area contributed by atoms with Crippen molar-refractivity contribution in [3.05, 3.63) is 77.9 Å². The van der Waals surface area contributed by atoms with Gasteiger partial charge in [-0.2, -0.15) is 0 Å². The van der Waals surface area contributed by atoms with E-state index in [1.807, 2.05) is 56.3 Å². The highest BCUT2D eigenvalue weighted by atomic mass is 35.5. The highest BCUT2D eigenvalue weighted by Crippen LogP contribution is 2.58. The first-order valence-electron chi connectivity index (χ1n) is 14.4. The number of halogens is 1. The molecule has 2 fully saturated rings. The molecule has 4 aliphatic rings. The number of nitrogens with zero attached hydrogens (tertiary/aromatic N) is 3. The number of carbonyl (C=O) groups is 3. The molecule has 2 saturated heterocycles. The molecule has 2 aromatic carbocycles. The Balaban J connectivity index is 1.45. The van der Waals surface area contributed by atoms with Gasteiger partial charge < -0.3 is 29.3 Å². The maximum atomic E-state index is 14.5. The maximum absolute atomic E-state index is 14.5. The Morgan fingerprint density at radius 2 is 1.64 bits per heavy atom. The highest BCUT2D eigenvalue weighted by molar-refractivity contribution is 6.34. The molecular weight excluding hydrogens is 558 g/mol. The van der Waals surface area contributed by atoms with Crippen molar-refractivity contribution in [2.45, 2.75) is 37.5 Å². The lowest BCUT2D eigenvalue weighted by Gasteiger charge is -2.38. The van der Waals surface area contributed by atoms with Gasteiger partial charge in [-0.3, -0.25) is 14.4 Å². The van der Waals surface area contributed by atoms with Crippen LogP contribution < -0.4 is 14.5 Å². The minimum atomic E-state index is -1.41. The number of carbonyl (C=O) groups excluding carboxylic acids is 3. The molecule has 10 heteroatoms. The van der Waals surface area contributed by atoms with Crippen molar-refractivity contribution >= 4 is 40.7 Å². The molecule has 9 nitrogen and oxygen atoms in total. The summed E-state index contributed by atoms with van der Waals surface area (Å²) in [5, 5.41) is 10.4. The van der Waals surface area contributed by atoms with Crippen LogP contribution in [0.4, 0.5) is 11.4 Å². The molecule has 6 rings (SSSR count). The Morgan fingerprint density at radius 3 is 2.33 bits per heavy atom. The van der Waals surface area contributed by atoms with Crippen LogP contribution in [-0.2, 0) is 19.1 Å². The highest BCUT2D eigenvalue weighted by Gasteiger charge is 2.75. The largest absolute Gasteiger partial charge is 0.494 e. The van der Waals surface area contributed by atoms with Crippen molar-refractivity contribution in [3.63, 3.8) is 0 Å². The molecule has 0 bridgehead atoms. The summed E-state index contributed by atoms with van der Waals surface area (Å²) in [7, 11) is 0. The van der Waals surface area contributed by atoms with Gasteiger partial charge in [-0.05, 0) is 49.7 Å². The summed E-state index contributed by atoms with van der Waals surface area (Å²) in [6.45, 7) is 4.47. The smallest absolute Gasteiger partial charge is 0.253 e. The van der Waals surface area contributed by atoms with Crippen LogP contribution in [0.2, 0.25) is 5.02 Å². The van der Waals surface area contributed by atoms with Crippen molar-refractivity contribution < 1.29 is 29.0 Å². The Morgan fingerprint density at radius 1 is 0.929 bits per heavy atom. The van der Waals surface area contributed by atoms with Crippen LogP contribution in [0.3, 0.4) is 0 Å². The number of aliphatic hydroxyl groups excluding tert-OH is 1. The molecule has 4 aliphatic heterocycles. The standard InChI is InChI=1S/C32H34ClN3O6/c1-3-31-15-7-17-34(21-11-13-22(14-12-21)41-4-2)28(38)25(31)26-29(39)36(19-20-37)27-30(40)35(18-8-16-32(26,27)42-31)24-10-6-5-9-23(24)33/h5-16,25-27,37H,3-4,17-20H2,1-2H3/t25-,26+,27?,31+,32+/m1/s1.